The normalized spacial score (nSPS) is 10.0. The summed E-state index contributed by atoms with van der Waals surface area (Å²) >= 11 is 0. The summed E-state index contributed by atoms with van der Waals surface area (Å²) < 4.78 is 0. The molecule has 2 rings (SSSR count). The molecule has 0 radical (unpaired) electrons. The van der Waals surface area contributed by atoms with Crippen LogP contribution in [0.4, 0.5) is 5.82 Å². The molecule has 1 aromatic heterocycles. The summed E-state index contributed by atoms with van der Waals surface area (Å²) in [5.74, 6) is 0.639. The molecule has 0 fully saturated rings. The van der Waals surface area contributed by atoms with Crippen molar-refractivity contribution in [3.63, 3.8) is 0 Å². The van der Waals surface area contributed by atoms with Gasteiger partial charge in [0.15, 0.2) is 0 Å². The number of hydrogen-bond acceptors (Lipinski definition) is 4. The minimum atomic E-state index is 0.0379. The van der Waals surface area contributed by atoms with Gasteiger partial charge >= 0.3 is 0 Å². The topological polar surface area (TPSA) is 60.2 Å². The SMILES string of the molecule is N#Cc1cccnc1N(CCO)CCc1ccccc1. The van der Waals surface area contributed by atoms with E-state index in [2.05, 4.69) is 23.2 Å². The number of rotatable bonds is 6. The van der Waals surface area contributed by atoms with Crippen molar-refractivity contribution in [2.24, 2.45) is 0 Å². The van der Waals surface area contributed by atoms with E-state index >= 15 is 0 Å². The Bertz CT molecular complexity index is 578. The van der Waals surface area contributed by atoms with E-state index in [9.17, 15) is 5.11 Å². The third kappa shape index (κ3) is 3.56. The van der Waals surface area contributed by atoms with Gasteiger partial charge in [-0.05, 0) is 24.1 Å². The molecule has 102 valence electrons. The summed E-state index contributed by atoms with van der Waals surface area (Å²) in [6.07, 6.45) is 2.52. The Morgan fingerprint density at radius 1 is 1.10 bits per heavy atom. The Balaban J connectivity index is 2.13. The van der Waals surface area contributed by atoms with Gasteiger partial charge < -0.3 is 10.0 Å². The molecular weight excluding hydrogens is 250 g/mol. The van der Waals surface area contributed by atoms with Crippen molar-refractivity contribution < 1.29 is 5.11 Å². The van der Waals surface area contributed by atoms with E-state index in [0.29, 0.717) is 17.9 Å². The third-order valence-electron chi connectivity index (χ3n) is 3.09. The zero-order valence-electron chi connectivity index (χ0n) is 11.2. The zero-order chi connectivity index (χ0) is 14.2. The van der Waals surface area contributed by atoms with Crippen molar-refractivity contribution in [2.75, 3.05) is 24.6 Å². The molecule has 1 N–H and O–H groups in total. The van der Waals surface area contributed by atoms with E-state index in [-0.39, 0.29) is 6.61 Å². The van der Waals surface area contributed by atoms with E-state index < -0.39 is 0 Å². The molecule has 0 atom stereocenters. The van der Waals surface area contributed by atoms with Gasteiger partial charge in [0.25, 0.3) is 0 Å². The molecule has 4 nitrogen and oxygen atoms in total. The predicted octanol–water partition coefficient (Wildman–Crippen LogP) is 1.99. The first kappa shape index (κ1) is 14.0. The summed E-state index contributed by atoms with van der Waals surface area (Å²) in [6.45, 7) is 1.23. The molecule has 0 spiro atoms. The van der Waals surface area contributed by atoms with Gasteiger partial charge in [0, 0.05) is 19.3 Å². The average molecular weight is 267 g/mol. The van der Waals surface area contributed by atoms with E-state index in [1.807, 2.05) is 23.1 Å². The number of aromatic nitrogens is 1. The predicted molar refractivity (Wildman–Crippen MR) is 78.4 cm³/mol. The number of anilines is 1. The molecule has 0 saturated carbocycles. The fourth-order valence-corrected chi connectivity index (χ4v) is 2.09. The van der Waals surface area contributed by atoms with Crippen LogP contribution in [0.15, 0.2) is 48.7 Å². The van der Waals surface area contributed by atoms with Crippen LogP contribution in [-0.4, -0.2) is 29.8 Å². The van der Waals surface area contributed by atoms with Crippen molar-refractivity contribution in [3.8, 4) is 6.07 Å². The summed E-state index contributed by atoms with van der Waals surface area (Å²) in [5.41, 5.74) is 1.76. The summed E-state index contributed by atoms with van der Waals surface area (Å²) in [4.78, 5) is 6.22. The van der Waals surface area contributed by atoms with Crippen LogP contribution in [0, 0.1) is 11.3 Å². The zero-order valence-corrected chi connectivity index (χ0v) is 11.2. The Labute approximate surface area is 118 Å². The van der Waals surface area contributed by atoms with Crippen LogP contribution in [0.2, 0.25) is 0 Å². The van der Waals surface area contributed by atoms with Gasteiger partial charge in [0.2, 0.25) is 0 Å². The van der Waals surface area contributed by atoms with Crippen molar-refractivity contribution in [1.29, 1.82) is 5.26 Å². The van der Waals surface area contributed by atoms with Crippen molar-refractivity contribution in [2.45, 2.75) is 6.42 Å². The number of nitrogens with zero attached hydrogens (tertiary/aromatic N) is 3. The van der Waals surface area contributed by atoms with Crippen molar-refractivity contribution in [1.82, 2.24) is 4.98 Å². The molecule has 0 aliphatic carbocycles. The lowest BCUT2D eigenvalue weighted by molar-refractivity contribution is 0.301. The van der Waals surface area contributed by atoms with Crippen molar-refractivity contribution >= 4 is 5.82 Å². The second kappa shape index (κ2) is 7.27. The fraction of sp³-hybridized carbons (Fsp3) is 0.250. The monoisotopic (exact) mass is 267 g/mol. The molecule has 0 saturated heterocycles. The van der Waals surface area contributed by atoms with Crippen LogP contribution in [0.1, 0.15) is 11.1 Å². The molecule has 1 heterocycles. The minimum Gasteiger partial charge on any atom is -0.395 e. The van der Waals surface area contributed by atoms with Gasteiger partial charge in [-0.2, -0.15) is 5.26 Å². The highest BCUT2D eigenvalue weighted by molar-refractivity contribution is 5.53. The standard InChI is InChI=1S/C16H17N3O/c17-13-15-7-4-9-18-16(15)19(11-12-20)10-8-14-5-2-1-3-6-14/h1-7,9,20H,8,10-12H2. The van der Waals surface area contributed by atoms with Gasteiger partial charge in [0.05, 0.1) is 12.2 Å². The molecular formula is C16H17N3O. The molecule has 0 bridgehead atoms. The second-order valence-corrected chi connectivity index (χ2v) is 4.43. The number of benzene rings is 1. The fourth-order valence-electron chi connectivity index (χ4n) is 2.09. The highest BCUT2D eigenvalue weighted by Crippen LogP contribution is 2.16. The molecule has 0 unspecified atom stereocenters. The Morgan fingerprint density at radius 2 is 1.90 bits per heavy atom. The molecule has 0 amide bonds. The van der Waals surface area contributed by atoms with Gasteiger partial charge in [-0.3, -0.25) is 0 Å². The molecule has 2 aromatic rings. The van der Waals surface area contributed by atoms with Gasteiger partial charge in [-0.15, -0.1) is 0 Å². The minimum absolute atomic E-state index is 0.0379. The maximum atomic E-state index is 9.21. The van der Waals surface area contributed by atoms with Crippen molar-refractivity contribution in [3.05, 3.63) is 59.8 Å². The largest absolute Gasteiger partial charge is 0.395 e. The first-order chi connectivity index (χ1) is 9.85. The maximum absolute atomic E-state index is 9.21. The van der Waals surface area contributed by atoms with E-state index in [0.717, 1.165) is 13.0 Å². The lowest BCUT2D eigenvalue weighted by Crippen LogP contribution is -2.30. The lowest BCUT2D eigenvalue weighted by Gasteiger charge is -2.23. The summed E-state index contributed by atoms with van der Waals surface area (Å²) in [7, 11) is 0. The number of hydrogen-bond donors (Lipinski definition) is 1. The number of pyridine rings is 1. The van der Waals surface area contributed by atoms with Crippen LogP contribution in [0.25, 0.3) is 0 Å². The summed E-state index contributed by atoms with van der Waals surface area (Å²) in [5, 5.41) is 18.3. The molecule has 1 aromatic carbocycles. The smallest absolute Gasteiger partial charge is 0.146 e. The third-order valence-corrected chi connectivity index (χ3v) is 3.09. The van der Waals surface area contributed by atoms with Crippen LogP contribution in [0.5, 0.6) is 0 Å². The number of aliphatic hydroxyl groups is 1. The van der Waals surface area contributed by atoms with E-state index in [4.69, 9.17) is 5.26 Å². The molecule has 20 heavy (non-hydrogen) atoms. The maximum Gasteiger partial charge on any atom is 0.146 e. The first-order valence-corrected chi connectivity index (χ1v) is 6.60. The van der Waals surface area contributed by atoms with Crippen LogP contribution in [-0.2, 0) is 6.42 Å². The van der Waals surface area contributed by atoms with E-state index in [1.165, 1.54) is 5.56 Å². The Hall–Kier alpha value is -2.38. The number of nitriles is 1. The van der Waals surface area contributed by atoms with E-state index in [1.54, 1.807) is 18.3 Å². The molecule has 4 heteroatoms. The Kier molecular flexibility index (Phi) is 5.10. The highest BCUT2D eigenvalue weighted by atomic mass is 16.3. The molecule has 0 aliphatic rings. The van der Waals surface area contributed by atoms with Crippen LogP contribution < -0.4 is 4.90 Å². The van der Waals surface area contributed by atoms with Gasteiger partial charge in [0.1, 0.15) is 11.9 Å². The second-order valence-electron chi connectivity index (χ2n) is 4.43. The quantitative estimate of drug-likeness (QED) is 0.869. The van der Waals surface area contributed by atoms with Gasteiger partial charge in [-0.1, -0.05) is 30.3 Å². The lowest BCUT2D eigenvalue weighted by atomic mass is 10.1. The summed E-state index contributed by atoms with van der Waals surface area (Å²) in [6, 6.07) is 15.8. The molecule has 0 aliphatic heterocycles. The van der Waals surface area contributed by atoms with Gasteiger partial charge in [-0.25, -0.2) is 4.98 Å². The Morgan fingerprint density at radius 3 is 2.60 bits per heavy atom. The van der Waals surface area contributed by atoms with Crippen LogP contribution in [0.3, 0.4) is 0 Å². The number of aliphatic hydroxyl groups excluding tert-OH is 1. The first-order valence-electron chi connectivity index (χ1n) is 6.60. The highest BCUT2D eigenvalue weighted by Gasteiger charge is 2.11. The van der Waals surface area contributed by atoms with Crippen LogP contribution >= 0.6 is 0 Å². The average Bonchev–Trinajstić information content (AvgIpc) is 2.52.